The minimum Gasteiger partial charge on any atom is -0.352 e. The second kappa shape index (κ2) is 12.0. The Morgan fingerprint density at radius 2 is 1.64 bits per heavy atom. The lowest BCUT2D eigenvalue weighted by Crippen LogP contribution is -2.54. The van der Waals surface area contributed by atoms with Crippen LogP contribution in [0.15, 0.2) is 54.6 Å². The maximum atomic E-state index is 13.5. The molecule has 180 valence electrons. The van der Waals surface area contributed by atoms with Crippen LogP contribution in [0.25, 0.3) is 0 Å². The van der Waals surface area contributed by atoms with E-state index in [1.807, 2.05) is 51.1 Å². The molecule has 0 unspecified atom stereocenters. The predicted octanol–water partition coefficient (Wildman–Crippen LogP) is 3.48. The zero-order valence-corrected chi connectivity index (χ0v) is 21.1. The summed E-state index contributed by atoms with van der Waals surface area (Å²) in [7, 11) is -3.81. The Kier molecular flexibility index (Phi) is 9.73. The van der Waals surface area contributed by atoms with E-state index >= 15 is 0 Å². The standard InChI is InChI=1S/C24H32ClN3O4S/c1-5-21(24(30)26-18(2)3)27(16-15-19-11-7-6-8-12-19)23(29)17-28(33(4,31)32)22-14-10-9-13-20(22)25/h6-14,18,21H,5,15-17H2,1-4H3,(H,26,30)/t21-/m0/s1. The van der Waals surface area contributed by atoms with Gasteiger partial charge >= 0.3 is 0 Å². The van der Waals surface area contributed by atoms with Gasteiger partial charge in [0.1, 0.15) is 12.6 Å². The average Bonchev–Trinajstić information content (AvgIpc) is 2.74. The van der Waals surface area contributed by atoms with Crippen LogP contribution in [-0.4, -0.2) is 56.6 Å². The first-order chi connectivity index (χ1) is 15.5. The van der Waals surface area contributed by atoms with E-state index in [0.717, 1.165) is 16.1 Å². The van der Waals surface area contributed by atoms with E-state index in [2.05, 4.69) is 5.32 Å². The van der Waals surface area contributed by atoms with Crippen molar-refractivity contribution < 1.29 is 18.0 Å². The molecular formula is C24H32ClN3O4S. The number of sulfonamides is 1. The van der Waals surface area contributed by atoms with Gasteiger partial charge in [-0.3, -0.25) is 13.9 Å². The lowest BCUT2D eigenvalue weighted by Gasteiger charge is -2.33. The summed E-state index contributed by atoms with van der Waals surface area (Å²) in [5, 5.41) is 3.08. The summed E-state index contributed by atoms with van der Waals surface area (Å²) in [6, 6.07) is 15.3. The molecule has 0 saturated heterocycles. The molecule has 0 radical (unpaired) electrons. The number of para-hydroxylation sites is 1. The summed E-state index contributed by atoms with van der Waals surface area (Å²) >= 11 is 6.23. The molecule has 0 aliphatic rings. The number of benzene rings is 2. The Hall–Kier alpha value is -2.58. The van der Waals surface area contributed by atoms with Crippen molar-refractivity contribution in [1.82, 2.24) is 10.2 Å². The smallest absolute Gasteiger partial charge is 0.244 e. The second-order valence-corrected chi connectivity index (χ2v) is 10.4. The van der Waals surface area contributed by atoms with Crippen LogP contribution < -0.4 is 9.62 Å². The molecule has 0 aliphatic heterocycles. The summed E-state index contributed by atoms with van der Waals surface area (Å²) in [4.78, 5) is 27.9. The monoisotopic (exact) mass is 493 g/mol. The molecule has 1 N–H and O–H groups in total. The Labute approximate surface area is 201 Å². The average molecular weight is 494 g/mol. The molecule has 9 heteroatoms. The van der Waals surface area contributed by atoms with Crippen LogP contribution in [0.3, 0.4) is 0 Å². The lowest BCUT2D eigenvalue weighted by atomic mass is 10.1. The first-order valence-electron chi connectivity index (χ1n) is 10.9. The van der Waals surface area contributed by atoms with Crippen LogP contribution >= 0.6 is 11.6 Å². The maximum absolute atomic E-state index is 13.5. The highest BCUT2D eigenvalue weighted by molar-refractivity contribution is 7.92. The van der Waals surface area contributed by atoms with Crippen molar-refractivity contribution in [2.24, 2.45) is 0 Å². The van der Waals surface area contributed by atoms with E-state index in [1.54, 1.807) is 24.3 Å². The zero-order valence-electron chi connectivity index (χ0n) is 19.5. The minimum atomic E-state index is -3.81. The number of halogens is 1. The van der Waals surface area contributed by atoms with Gasteiger partial charge in [-0.25, -0.2) is 8.42 Å². The van der Waals surface area contributed by atoms with E-state index in [1.165, 1.54) is 4.90 Å². The molecule has 0 aromatic heterocycles. The van der Waals surface area contributed by atoms with Gasteiger partial charge < -0.3 is 10.2 Å². The van der Waals surface area contributed by atoms with Gasteiger partial charge in [0.15, 0.2) is 0 Å². The first-order valence-corrected chi connectivity index (χ1v) is 13.1. The number of nitrogens with zero attached hydrogens (tertiary/aromatic N) is 2. The van der Waals surface area contributed by atoms with E-state index in [-0.39, 0.29) is 29.2 Å². The summed E-state index contributed by atoms with van der Waals surface area (Å²) in [6.45, 7) is 5.35. The summed E-state index contributed by atoms with van der Waals surface area (Å²) in [6.07, 6.45) is 1.95. The van der Waals surface area contributed by atoms with Crippen LogP contribution in [0, 0.1) is 0 Å². The highest BCUT2D eigenvalue weighted by Crippen LogP contribution is 2.27. The largest absolute Gasteiger partial charge is 0.352 e. The third-order valence-corrected chi connectivity index (χ3v) is 6.55. The van der Waals surface area contributed by atoms with E-state index in [4.69, 9.17) is 11.6 Å². The quantitative estimate of drug-likeness (QED) is 0.519. The molecule has 0 aliphatic carbocycles. The molecule has 33 heavy (non-hydrogen) atoms. The first kappa shape index (κ1) is 26.7. The Bertz CT molecular complexity index is 1040. The fraction of sp³-hybridized carbons (Fsp3) is 0.417. The molecule has 0 fully saturated rings. The molecule has 2 aromatic carbocycles. The van der Waals surface area contributed by atoms with Crippen LogP contribution in [0.2, 0.25) is 5.02 Å². The topological polar surface area (TPSA) is 86.8 Å². The van der Waals surface area contributed by atoms with Gasteiger partial charge in [0.2, 0.25) is 21.8 Å². The molecule has 0 bridgehead atoms. The Morgan fingerprint density at radius 3 is 2.18 bits per heavy atom. The van der Waals surface area contributed by atoms with Gasteiger partial charge in [-0.15, -0.1) is 0 Å². The van der Waals surface area contributed by atoms with Gasteiger partial charge in [0.05, 0.1) is 17.0 Å². The Balaban J connectivity index is 2.37. The fourth-order valence-corrected chi connectivity index (χ4v) is 4.67. The van der Waals surface area contributed by atoms with E-state index < -0.39 is 28.5 Å². The van der Waals surface area contributed by atoms with Crippen LogP contribution in [0.1, 0.15) is 32.8 Å². The van der Waals surface area contributed by atoms with Crippen molar-refractivity contribution in [2.75, 3.05) is 23.7 Å². The van der Waals surface area contributed by atoms with Gasteiger partial charge in [-0.05, 0) is 44.4 Å². The van der Waals surface area contributed by atoms with E-state index in [9.17, 15) is 18.0 Å². The molecular weight excluding hydrogens is 462 g/mol. The molecule has 7 nitrogen and oxygen atoms in total. The van der Waals surface area contributed by atoms with Crippen molar-refractivity contribution in [2.45, 2.75) is 45.7 Å². The third-order valence-electron chi connectivity index (χ3n) is 5.10. The lowest BCUT2D eigenvalue weighted by molar-refractivity contribution is -0.139. The summed E-state index contributed by atoms with van der Waals surface area (Å²) < 4.78 is 26.1. The molecule has 0 saturated carbocycles. The normalized spacial score (nSPS) is 12.3. The van der Waals surface area contributed by atoms with E-state index in [0.29, 0.717) is 12.8 Å². The molecule has 2 rings (SSSR count). The predicted molar refractivity (Wildman–Crippen MR) is 133 cm³/mol. The van der Waals surface area contributed by atoms with Crippen molar-refractivity contribution in [3.8, 4) is 0 Å². The SMILES string of the molecule is CC[C@@H](C(=O)NC(C)C)N(CCc1ccccc1)C(=O)CN(c1ccccc1Cl)S(C)(=O)=O. The van der Waals surface area contributed by atoms with Gasteiger partial charge in [-0.2, -0.15) is 0 Å². The zero-order chi connectivity index (χ0) is 24.6. The van der Waals surface area contributed by atoms with Crippen LogP contribution in [0.4, 0.5) is 5.69 Å². The van der Waals surface area contributed by atoms with Crippen molar-refractivity contribution in [3.63, 3.8) is 0 Å². The van der Waals surface area contributed by atoms with Crippen molar-refractivity contribution in [1.29, 1.82) is 0 Å². The maximum Gasteiger partial charge on any atom is 0.244 e. The number of hydrogen-bond acceptors (Lipinski definition) is 4. The summed E-state index contributed by atoms with van der Waals surface area (Å²) in [5.74, 6) is -0.736. The molecule has 0 heterocycles. The number of carbonyl (C=O) groups excluding carboxylic acids is 2. The highest BCUT2D eigenvalue weighted by atomic mass is 35.5. The van der Waals surface area contributed by atoms with Gasteiger partial charge in [0.25, 0.3) is 0 Å². The highest BCUT2D eigenvalue weighted by Gasteiger charge is 2.32. The van der Waals surface area contributed by atoms with Gasteiger partial charge in [0, 0.05) is 12.6 Å². The number of rotatable bonds is 11. The van der Waals surface area contributed by atoms with Crippen LogP contribution in [-0.2, 0) is 26.0 Å². The van der Waals surface area contributed by atoms with Crippen molar-refractivity contribution in [3.05, 3.63) is 65.2 Å². The molecule has 0 spiro atoms. The number of nitrogens with one attached hydrogen (secondary N) is 1. The number of carbonyl (C=O) groups is 2. The number of hydrogen-bond donors (Lipinski definition) is 1. The second-order valence-electron chi connectivity index (χ2n) is 8.13. The van der Waals surface area contributed by atoms with Gasteiger partial charge in [-0.1, -0.05) is 61.0 Å². The van der Waals surface area contributed by atoms with Crippen molar-refractivity contribution >= 4 is 39.1 Å². The molecule has 2 aromatic rings. The molecule has 1 atom stereocenters. The molecule has 2 amide bonds. The fourth-order valence-electron chi connectivity index (χ4n) is 3.53. The summed E-state index contributed by atoms with van der Waals surface area (Å²) in [5.41, 5.74) is 1.23. The minimum absolute atomic E-state index is 0.0896. The van der Waals surface area contributed by atoms with Crippen LogP contribution in [0.5, 0.6) is 0 Å². The number of amides is 2. The number of anilines is 1. The Morgan fingerprint density at radius 1 is 1.03 bits per heavy atom. The third kappa shape index (κ3) is 7.75.